The van der Waals surface area contributed by atoms with Crippen LogP contribution in [-0.2, 0) is 0 Å². The first-order valence-corrected chi connectivity index (χ1v) is 4.57. The van der Waals surface area contributed by atoms with E-state index in [0.717, 1.165) is 4.52 Å². The molecule has 3 aromatic heterocycles. The third-order valence-corrected chi connectivity index (χ3v) is 2.21. The Kier molecular flexibility index (Phi) is 1.89. The Morgan fingerprint density at radius 2 is 2.22 bits per heavy atom. The quantitative estimate of drug-likeness (QED) is 0.417. The van der Waals surface area contributed by atoms with Gasteiger partial charge in [-0.25, -0.2) is 5.10 Å². The molecule has 0 radical (unpaired) electrons. The molecule has 0 aliphatic heterocycles. The van der Waals surface area contributed by atoms with Crippen LogP contribution in [0.4, 0.5) is 11.6 Å². The molecule has 0 bridgehead atoms. The number of fused-ring (bicyclic) bond motifs is 1. The molecule has 0 fully saturated rings. The van der Waals surface area contributed by atoms with E-state index in [9.17, 15) is 10.1 Å². The molecule has 0 aliphatic carbocycles. The van der Waals surface area contributed by atoms with Gasteiger partial charge in [0.15, 0.2) is 5.82 Å². The van der Waals surface area contributed by atoms with Crippen molar-refractivity contribution in [2.75, 3.05) is 5.73 Å². The molecule has 0 unspecified atom stereocenters. The van der Waals surface area contributed by atoms with E-state index in [1.807, 2.05) is 0 Å². The van der Waals surface area contributed by atoms with Gasteiger partial charge in [0.25, 0.3) is 0 Å². The van der Waals surface area contributed by atoms with Gasteiger partial charge in [-0.3, -0.25) is 0 Å². The van der Waals surface area contributed by atoms with Crippen molar-refractivity contribution in [1.82, 2.24) is 40.4 Å². The molecule has 0 saturated carbocycles. The van der Waals surface area contributed by atoms with E-state index in [1.165, 1.54) is 6.20 Å². The van der Waals surface area contributed by atoms with Crippen LogP contribution >= 0.6 is 0 Å². The number of rotatable bonds is 2. The zero-order valence-corrected chi connectivity index (χ0v) is 8.55. The van der Waals surface area contributed by atoms with Crippen LogP contribution in [0.3, 0.4) is 0 Å². The summed E-state index contributed by atoms with van der Waals surface area (Å²) >= 11 is 0. The van der Waals surface area contributed by atoms with Crippen molar-refractivity contribution in [3.05, 3.63) is 16.3 Å². The second-order valence-corrected chi connectivity index (χ2v) is 3.21. The molecular weight excluding hydrogens is 244 g/mol. The number of nitrogen functional groups attached to an aromatic ring is 1. The lowest BCUT2D eigenvalue weighted by atomic mass is 10.3. The minimum atomic E-state index is -0.737. The predicted molar refractivity (Wildman–Crippen MR) is 55.0 cm³/mol. The van der Waals surface area contributed by atoms with Gasteiger partial charge in [0.2, 0.25) is 11.5 Å². The van der Waals surface area contributed by atoms with Crippen molar-refractivity contribution in [2.24, 2.45) is 0 Å². The molecule has 0 aromatic carbocycles. The molecular formula is C6H4N10O2. The van der Waals surface area contributed by atoms with Crippen LogP contribution in [0.15, 0.2) is 6.20 Å². The fraction of sp³-hybridized carbons (Fsp3) is 0. The number of anilines is 1. The van der Waals surface area contributed by atoms with Crippen molar-refractivity contribution < 1.29 is 4.92 Å². The Hall–Kier alpha value is -3.18. The molecule has 3 N–H and O–H groups in total. The fourth-order valence-electron chi connectivity index (χ4n) is 1.43. The number of nitrogens with two attached hydrogens (primary N) is 1. The molecule has 0 saturated heterocycles. The van der Waals surface area contributed by atoms with Crippen LogP contribution in [0, 0.1) is 10.1 Å². The van der Waals surface area contributed by atoms with Crippen molar-refractivity contribution in [3.63, 3.8) is 0 Å². The van der Waals surface area contributed by atoms with Crippen molar-refractivity contribution >= 4 is 17.3 Å². The van der Waals surface area contributed by atoms with Crippen LogP contribution in [0.1, 0.15) is 0 Å². The molecule has 3 heterocycles. The second-order valence-electron chi connectivity index (χ2n) is 3.21. The highest BCUT2D eigenvalue weighted by atomic mass is 16.6. The number of nitrogens with zero attached hydrogens (tertiary/aromatic N) is 8. The Labute approximate surface area is 97.0 Å². The van der Waals surface area contributed by atoms with Gasteiger partial charge < -0.3 is 15.8 Å². The molecule has 0 amide bonds. The predicted octanol–water partition coefficient (Wildman–Crippen LogP) is -1.21. The Bertz CT molecular complexity index is 730. The minimum Gasteiger partial charge on any atom is -0.376 e. The van der Waals surface area contributed by atoms with Gasteiger partial charge in [-0.15, -0.1) is 5.10 Å². The van der Waals surface area contributed by atoms with Crippen LogP contribution in [0.5, 0.6) is 0 Å². The third-order valence-electron chi connectivity index (χ3n) is 2.21. The van der Waals surface area contributed by atoms with E-state index in [2.05, 4.69) is 35.9 Å². The Morgan fingerprint density at radius 1 is 1.39 bits per heavy atom. The highest BCUT2D eigenvalue weighted by Crippen LogP contribution is 2.23. The lowest BCUT2D eigenvalue weighted by molar-refractivity contribution is -0.389. The van der Waals surface area contributed by atoms with Crippen molar-refractivity contribution in [1.29, 1.82) is 0 Å². The van der Waals surface area contributed by atoms with Gasteiger partial charge in [0.1, 0.15) is 0 Å². The van der Waals surface area contributed by atoms with Gasteiger partial charge in [0, 0.05) is 0 Å². The topological polar surface area (TPSA) is 167 Å². The van der Waals surface area contributed by atoms with Gasteiger partial charge in [-0.2, -0.15) is 9.61 Å². The summed E-state index contributed by atoms with van der Waals surface area (Å²) in [6.45, 7) is 0. The monoisotopic (exact) mass is 248 g/mol. The summed E-state index contributed by atoms with van der Waals surface area (Å²) in [5.74, 6) is -0.468. The van der Waals surface area contributed by atoms with E-state index < -0.39 is 10.7 Å². The van der Waals surface area contributed by atoms with Crippen LogP contribution in [0.2, 0.25) is 0 Å². The van der Waals surface area contributed by atoms with Crippen molar-refractivity contribution in [3.8, 4) is 11.4 Å². The number of aromatic nitrogens is 8. The first kappa shape index (κ1) is 10.0. The molecule has 12 heteroatoms. The third kappa shape index (κ3) is 1.25. The molecule has 12 nitrogen and oxygen atoms in total. The summed E-state index contributed by atoms with van der Waals surface area (Å²) in [6.07, 6.45) is 1.38. The molecule has 0 atom stereocenters. The zero-order chi connectivity index (χ0) is 12.7. The number of hydrogen-bond donors (Lipinski definition) is 2. The lowest BCUT2D eigenvalue weighted by Crippen LogP contribution is -2.07. The van der Waals surface area contributed by atoms with E-state index in [4.69, 9.17) is 5.73 Å². The standard InChI is InChI=1S/C6H4N10O2/c7-3-6(16(17)18)12-11-5-2(1-8-15(3)5)4-9-13-14-10-4/h1H,7H2,(H,9,10,13,14). The summed E-state index contributed by atoms with van der Waals surface area (Å²) in [7, 11) is 0. The van der Waals surface area contributed by atoms with Gasteiger partial charge in [-0.1, -0.05) is 0 Å². The summed E-state index contributed by atoms with van der Waals surface area (Å²) in [4.78, 5) is 9.91. The van der Waals surface area contributed by atoms with Crippen LogP contribution < -0.4 is 5.73 Å². The summed E-state index contributed by atoms with van der Waals surface area (Å²) in [5, 5.41) is 34.7. The summed E-state index contributed by atoms with van der Waals surface area (Å²) < 4.78 is 1.10. The highest BCUT2D eigenvalue weighted by molar-refractivity contribution is 5.73. The van der Waals surface area contributed by atoms with E-state index in [0.29, 0.717) is 11.4 Å². The number of nitro groups is 1. The number of nitrogens with one attached hydrogen (secondary N) is 1. The van der Waals surface area contributed by atoms with Gasteiger partial charge in [0.05, 0.1) is 16.9 Å². The largest absolute Gasteiger partial charge is 0.433 e. The minimum absolute atomic E-state index is 0.219. The van der Waals surface area contributed by atoms with Crippen LogP contribution in [0.25, 0.3) is 17.0 Å². The number of hydrogen-bond acceptors (Lipinski definition) is 9. The molecule has 3 rings (SSSR count). The summed E-state index contributed by atoms with van der Waals surface area (Å²) in [5.41, 5.74) is 6.24. The molecule has 3 aromatic rings. The lowest BCUT2D eigenvalue weighted by Gasteiger charge is -1.97. The van der Waals surface area contributed by atoms with E-state index >= 15 is 0 Å². The molecule has 90 valence electrons. The second kappa shape index (κ2) is 3.41. The van der Waals surface area contributed by atoms with E-state index in [1.54, 1.807) is 0 Å². The average Bonchev–Trinajstić information content (AvgIpc) is 2.96. The first-order chi connectivity index (χ1) is 8.68. The van der Waals surface area contributed by atoms with Gasteiger partial charge >= 0.3 is 5.82 Å². The molecule has 0 spiro atoms. The Balaban J connectivity index is 2.28. The van der Waals surface area contributed by atoms with E-state index in [-0.39, 0.29) is 11.5 Å². The normalized spacial score (nSPS) is 10.9. The highest BCUT2D eigenvalue weighted by Gasteiger charge is 2.22. The maximum absolute atomic E-state index is 10.6. The molecule has 0 aliphatic rings. The maximum atomic E-state index is 10.6. The average molecular weight is 248 g/mol. The van der Waals surface area contributed by atoms with Gasteiger partial charge in [-0.05, 0) is 20.4 Å². The fourth-order valence-corrected chi connectivity index (χ4v) is 1.43. The zero-order valence-electron chi connectivity index (χ0n) is 8.55. The maximum Gasteiger partial charge on any atom is 0.433 e. The Morgan fingerprint density at radius 3 is 2.89 bits per heavy atom. The first-order valence-electron chi connectivity index (χ1n) is 4.57. The summed E-state index contributed by atoms with van der Waals surface area (Å²) in [6, 6.07) is 0. The molecule has 18 heavy (non-hydrogen) atoms. The number of tetrazole rings is 1. The smallest absolute Gasteiger partial charge is 0.376 e. The number of aromatic amines is 1. The number of H-pyrrole nitrogens is 1. The van der Waals surface area contributed by atoms with Crippen LogP contribution in [-0.4, -0.2) is 45.4 Å². The van der Waals surface area contributed by atoms with Crippen molar-refractivity contribution in [2.45, 2.75) is 0 Å². The SMILES string of the molecule is Nc1c([N+](=O)[O-])nnc2c(-c3nnn[nH]3)cnn12.